The minimum Gasteiger partial charge on any atom is -0.379 e. The first-order chi connectivity index (χ1) is 13.6. The number of ether oxygens (including phenoxy) is 1. The molecule has 2 aromatic heterocycles. The molecule has 0 atom stereocenters. The summed E-state index contributed by atoms with van der Waals surface area (Å²) < 4.78 is 10.0. The van der Waals surface area contributed by atoms with Crippen molar-refractivity contribution in [2.45, 2.75) is 13.0 Å². The number of morpholine rings is 1. The van der Waals surface area contributed by atoms with Gasteiger partial charge in [0.1, 0.15) is 5.82 Å². The first kappa shape index (κ1) is 21.3. The minimum atomic E-state index is -0.360. The molecular weight excluding hydrogens is 394 g/mol. The zero-order chi connectivity index (χ0) is 19.7. The Hall–Kier alpha value is -2.42. The number of hydrogen-bond donors (Lipinski definition) is 0. The van der Waals surface area contributed by atoms with Crippen molar-refractivity contribution in [2.75, 3.05) is 32.8 Å². The second-order valence-electron chi connectivity index (χ2n) is 7.17. The van der Waals surface area contributed by atoms with Crippen molar-refractivity contribution in [1.82, 2.24) is 23.6 Å². The molecule has 1 fully saturated rings. The highest BCUT2D eigenvalue weighted by atomic mass is 35.5. The van der Waals surface area contributed by atoms with Crippen LogP contribution < -0.4 is 11.2 Å². The lowest BCUT2D eigenvalue weighted by molar-refractivity contribution is 0.0364. The van der Waals surface area contributed by atoms with Crippen molar-refractivity contribution < 1.29 is 4.74 Å². The fourth-order valence-electron chi connectivity index (χ4n) is 3.71. The van der Waals surface area contributed by atoms with E-state index in [9.17, 15) is 9.59 Å². The molecule has 0 bridgehead atoms. The normalized spacial score (nSPS) is 14.8. The Morgan fingerprint density at radius 2 is 1.69 bits per heavy atom. The Morgan fingerprint density at radius 3 is 2.38 bits per heavy atom. The summed E-state index contributed by atoms with van der Waals surface area (Å²) in [5.74, 6) is 0.799. The number of halogens is 1. The van der Waals surface area contributed by atoms with Gasteiger partial charge in [-0.25, -0.2) is 9.78 Å². The smallest absolute Gasteiger partial charge is 0.332 e. The number of benzene rings is 1. The molecule has 156 valence electrons. The molecule has 9 heteroatoms. The molecule has 3 heterocycles. The van der Waals surface area contributed by atoms with E-state index in [1.54, 1.807) is 7.05 Å². The molecule has 0 amide bonds. The van der Waals surface area contributed by atoms with Gasteiger partial charge in [0.05, 0.1) is 13.2 Å². The molecule has 8 nitrogen and oxygen atoms in total. The number of aryl methyl sites for hydroxylation is 1. The van der Waals surface area contributed by atoms with Crippen molar-refractivity contribution in [2.24, 2.45) is 14.1 Å². The maximum absolute atomic E-state index is 12.9. The molecule has 3 aromatic rings. The molecular formula is C20H26ClN5O3. The van der Waals surface area contributed by atoms with Crippen LogP contribution in [0.2, 0.25) is 0 Å². The van der Waals surface area contributed by atoms with Crippen molar-refractivity contribution in [3.8, 4) is 0 Å². The average molecular weight is 420 g/mol. The van der Waals surface area contributed by atoms with Crippen LogP contribution in [0.15, 0.2) is 39.9 Å². The molecule has 1 saturated heterocycles. The van der Waals surface area contributed by atoms with Crippen LogP contribution in [0.4, 0.5) is 0 Å². The Bertz CT molecular complexity index is 1100. The summed E-state index contributed by atoms with van der Waals surface area (Å²) in [4.78, 5) is 32.3. The van der Waals surface area contributed by atoms with Gasteiger partial charge in [-0.3, -0.25) is 18.8 Å². The van der Waals surface area contributed by atoms with Gasteiger partial charge < -0.3 is 9.30 Å². The zero-order valence-corrected chi connectivity index (χ0v) is 17.5. The fourth-order valence-corrected chi connectivity index (χ4v) is 3.71. The van der Waals surface area contributed by atoms with E-state index in [1.807, 2.05) is 34.9 Å². The standard InChI is InChI=1S/C20H25N5O3.ClH/c1-22-18-17(19(26)23(2)20(22)27)25(9-8-24-10-12-28-13-11-24)16(21-18)14-15-6-4-3-5-7-15;/h3-7H,8-14H2,1-2H3;1H. The van der Waals surface area contributed by atoms with Crippen molar-refractivity contribution >= 4 is 23.6 Å². The highest BCUT2D eigenvalue weighted by molar-refractivity contribution is 5.85. The van der Waals surface area contributed by atoms with Crippen LogP contribution in [-0.2, 0) is 31.8 Å². The summed E-state index contributed by atoms with van der Waals surface area (Å²) in [7, 11) is 3.18. The average Bonchev–Trinajstić information content (AvgIpc) is 3.09. The van der Waals surface area contributed by atoms with E-state index in [-0.39, 0.29) is 23.7 Å². The van der Waals surface area contributed by atoms with Gasteiger partial charge in [-0.15, -0.1) is 12.4 Å². The topological polar surface area (TPSA) is 74.3 Å². The van der Waals surface area contributed by atoms with Crippen LogP contribution in [0.1, 0.15) is 11.4 Å². The molecule has 0 aliphatic carbocycles. The van der Waals surface area contributed by atoms with Crippen LogP contribution >= 0.6 is 12.4 Å². The Balaban J connectivity index is 0.00000240. The van der Waals surface area contributed by atoms with Crippen LogP contribution in [0.25, 0.3) is 11.2 Å². The Kier molecular flexibility index (Phi) is 6.56. The zero-order valence-electron chi connectivity index (χ0n) is 16.7. The van der Waals surface area contributed by atoms with Gasteiger partial charge in [-0.2, -0.15) is 0 Å². The molecule has 0 spiro atoms. The summed E-state index contributed by atoms with van der Waals surface area (Å²) in [5.41, 5.74) is 1.39. The van der Waals surface area contributed by atoms with Gasteiger partial charge in [0.2, 0.25) is 0 Å². The van der Waals surface area contributed by atoms with Gasteiger partial charge in [0, 0.05) is 46.7 Å². The monoisotopic (exact) mass is 419 g/mol. The summed E-state index contributed by atoms with van der Waals surface area (Å²) >= 11 is 0. The molecule has 29 heavy (non-hydrogen) atoms. The van der Waals surface area contributed by atoms with Crippen molar-refractivity contribution in [3.05, 3.63) is 62.6 Å². The Labute approximate surface area is 174 Å². The maximum Gasteiger partial charge on any atom is 0.332 e. The third kappa shape index (κ3) is 4.14. The van der Waals surface area contributed by atoms with Crippen LogP contribution in [0.3, 0.4) is 0 Å². The van der Waals surface area contributed by atoms with Gasteiger partial charge in [-0.1, -0.05) is 30.3 Å². The molecule has 0 unspecified atom stereocenters. The van der Waals surface area contributed by atoms with Crippen molar-refractivity contribution in [1.29, 1.82) is 0 Å². The highest BCUT2D eigenvalue weighted by Crippen LogP contribution is 2.15. The van der Waals surface area contributed by atoms with Gasteiger partial charge in [-0.05, 0) is 5.56 Å². The molecule has 0 saturated carbocycles. The number of nitrogens with zero attached hydrogens (tertiary/aromatic N) is 5. The van der Waals surface area contributed by atoms with Gasteiger partial charge in [0.25, 0.3) is 5.56 Å². The van der Waals surface area contributed by atoms with Crippen LogP contribution in [-0.4, -0.2) is 56.4 Å². The predicted molar refractivity (Wildman–Crippen MR) is 114 cm³/mol. The molecule has 0 radical (unpaired) electrons. The summed E-state index contributed by atoms with van der Waals surface area (Å²) in [5, 5.41) is 0. The van der Waals surface area contributed by atoms with Crippen molar-refractivity contribution in [3.63, 3.8) is 0 Å². The first-order valence-electron chi connectivity index (χ1n) is 9.55. The van der Waals surface area contributed by atoms with Crippen LogP contribution in [0.5, 0.6) is 0 Å². The first-order valence-corrected chi connectivity index (χ1v) is 9.55. The van der Waals surface area contributed by atoms with E-state index in [0.717, 1.165) is 48.8 Å². The number of imidazole rings is 1. The largest absolute Gasteiger partial charge is 0.379 e. The molecule has 1 aliphatic rings. The lowest BCUT2D eigenvalue weighted by Gasteiger charge is -2.26. The van der Waals surface area contributed by atoms with E-state index in [1.165, 1.54) is 11.6 Å². The van der Waals surface area contributed by atoms with Crippen LogP contribution in [0, 0.1) is 0 Å². The minimum absolute atomic E-state index is 0. The van der Waals surface area contributed by atoms with E-state index in [4.69, 9.17) is 9.72 Å². The molecule has 1 aliphatic heterocycles. The summed E-state index contributed by atoms with van der Waals surface area (Å²) in [6, 6.07) is 10.0. The molecule has 4 rings (SSSR count). The van der Waals surface area contributed by atoms with E-state index in [2.05, 4.69) is 4.90 Å². The fraction of sp³-hybridized carbons (Fsp3) is 0.450. The number of rotatable bonds is 5. The van der Waals surface area contributed by atoms with E-state index < -0.39 is 0 Å². The number of fused-ring (bicyclic) bond motifs is 1. The lowest BCUT2D eigenvalue weighted by atomic mass is 10.1. The van der Waals surface area contributed by atoms with E-state index >= 15 is 0 Å². The second kappa shape index (κ2) is 8.94. The highest BCUT2D eigenvalue weighted by Gasteiger charge is 2.20. The number of hydrogen-bond acceptors (Lipinski definition) is 5. The summed E-state index contributed by atoms with van der Waals surface area (Å²) in [6.45, 7) is 4.69. The molecule has 1 aromatic carbocycles. The quantitative estimate of drug-likeness (QED) is 0.611. The molecule has 0 N–H and O–H groups in total. The third-order valence-electron chi connectivity index (χ3n) is 5.38. The summed E-state index contributed by atoms with van der Waals surface area (Å²) in [6.07, 6.45) is 0.607. The second-order valence-corrected chi connectivity index (χ2v) is 7.17. The SMILES string of the molecule is Cl.Cn1c(=O)c2c(nc(Cc3ccccc3)n2CCN2CCOCC2)n(C)c1=O. The van der Waals surface area contributed by atoms with E-state index in [0.29, 0.717) is 24.1 Å². The van der Waals surface area contributed by atoms with Gasteiger partial charge >= 0.3 is 5.69 Å². The Morgan fingerprint density at radius 1 is 1.00 bits per heavy atom. The maximum atomic E-state index is 12.9. The predicted octanol–water partition coefficient (Wildman–Crippen LogP) is 0.778. The number of aromatic nitrogens is 4. The van der Waals surface area contributed by atoms with Gasteiger partial charge in [0.15, 0.2) is 11.2 Å². The third-order valence-corrected chi connectivity index (χ3v) is 5.38. The lowest BCUT2D eigenvalue weighted by Crippen LogP contribution is -2.39.